The predicted molar refractivity (Wildman–Crippen MR) is 78.2 cm³/mol. The van der Waals surface area contributed by atoms with E-state index in [0.717, 1.165) is 5.69 Å². The number of hydrogen-bond acceptors (Lipinski definition) is 4. The maximum Gasteiger partial charge on any atom is 0.358 e. The monoisotopic (exact) mass is 289 g/mol. The second-order valence-electron chi connectivity index (χ2n) is 5.68. The molecule has 1 aromatic heterocycles. The Balaban J connectivity index is 2.59. The molecule has 0 aliphatic rings. The third-order valence-electron chi connectivity index (χ3n) is 2.96. The third-order valence-corrected chi connectivity index (χ3v) is 2.96. The Labute approximate surface area is 123 Å². The number of carboxylic acid groups (broad SMARTS) is 1. The van der Waals surface area contributed by atoms with Gasteiger partial charge < -0.3 is 9.84 Å². The number of ether oxygens (including phenoxy) is 1. The van der Waals surface area contributed by atoms with Gasteiger partial charge >= 0.3 is 5.97 Å². The van der Waals surface area contributed by atoms with Gasteiger partial charge in [-0.15, -0.1) is 5.10 Å². The maximum absolute atomic E-state index is 11.3. The molecule has 0 aliphatic carbocycles. The summed E-state index contributed by atoms with van der Waals surface area (Å²) in [5.74, 6) is -0.366. The first-order valence-electron chi connectivity index (χ1n) is 6.77. The molecule has 0 fully saturated rings. The Morgan fingerprint density at radius 1 is 1.38 bits per heavy atom. The Bertz CT molecular complexity index is 656. The zero-order chi connectivity index (χ0) is 15.6. The van der Waals surface area contributed by atoms with Crippen LogP contribution in [0.1, 0.15) is 43.9 Å². The molecular formula is C15H19N3O3. The van der Waals surface area contributed by atoms with Crippen molar-refractivity contribution in [1.82, 2.24) is 15.0 Å². The van der Waals surface area contributed by atoms with Gasteiger partial charge in [-0.1, -0.05) is 32.1 Å². The van der Waals surface area contributed by atoms with Crippen LogP contribution in [-0.4, -0.2) is 32.7 Å². The van der Waals surface area contributed by atoms with Gasteiger partial charge in [-0.05, 0) is 19.1 Å². The van der Waals surface area contributed by atoms with Crippen LogP contribution < -0.4 is 4.74 Å². The van der Waals surface area contributed by atoms with E-state index < -0.39 is 11.4 Å². The van der Waals surface area contributed by atoms with E-state index in [2.05, 4.69) is 10.3 Å². The lowest BCUT2D eigenvalue weighted by atomic mass is 9.90. The minimum Gasteiger partial charge on any atom is -0.494 e. The zero-order valence-corrected chi connectivity index (χ0v) is 12.6. The number of benzene rings is 1. The molecule has 6 heteroatoms. The van der Waals surface area contributed by atoms with E-state index in [-0.39, 0.29) is 5.69 Å². The van der Waals surface area contributed by atoms with Crippen molar-refractivity contribution in [2.24, 2.45) is 0 Å². The molecule has 1 aromatic carbocycles. The summed E-state index contributed by atoms with van der Waals surface area (Å²) in [6, 6.07) is 7.35. The minimum absolute atomic E-state index is 0.0238. The van der Waals surface area contributed by atoms with Gasteiger partial charge in [0.25, 0.3) is 0 Å². The second kappa shape index (κ2) is 5.55. The molecule has 0 saturated heterocycles. The summed E-state index contributed by atoms with van der Waals surface area (Å²) in [6.07, 6.45) is 0. The average molecular weight is 289 g/mol. The fourth-order valence-corrected chi connectivity index (χ4v) is 2.15. The summed E-state index contributed by atoms with van der Waals surface area (Å²) < 4.78 is 7.03. The molecular weight excluding hydrogens is 270 g/mol. The zero-order valence-electron chi connectivity index (χ0n) is 12.6. The lowest BCUT2D eigenvalue weighted by Gasteiger charge is -2.20. The highest BCUT2D eigenvalue weighted by Gasteiger charge is 2.29. The number of nitrogens with zero attached hydrogens (tertiary/aromatic N) is 3. The van der Waals surface area contributed by atoms with Crippen LogP contribution >= 0.6 is 0 Å². The molecule has 0 amide bonds. The molecule has 2 aromatic rings. The summed E-state index contributed by atoms with van der Waals surface area (Å²) in [6.45, 7) is 8.27. The van der Waals surface area contributed by atoms with Crippen LogP contribution in [0.15, 0.2) is 24.3 Å². The summed E-state index contributed by atoms with van der Waals surface area (Å²) in [7, 11) is 0. The fourth-order valence-electron chi connectivity index (χ4n) is 2.15. The summed E-state index contributed by atoms with van der Waals surface area (Å²) in [5.41, 5.74) is 0.859. The second-order valence-corrected chi connectivity index (χ2v) is 5.68. The molecule has 112 valence electrons. The number of hydrogen-bond donors (Lipinski definition) is 1. The van der Waals surface area contributed by atoms with Gasteiger partial charge in [0, 0.05) is 11.5 Å². The minimum atomic E-state index is -1.08. The maximum atomic E-state index is 11.3. The normalized spacial score (nSPS) is 11.4. The highest BCUT2D eigenvalue weighted by atomic mass is 16.5. The molecule has 0 atom stereocenters. The van der Waals surface area contributed by atoms with E-state index in [1.807, 2.05) is 52.0 Å². The quantitative estimate of drug-likeness (QED) is 0.936. The summed E-state index contributed by atoms with van der Waals surface area (Å²) >= 11 is 0. The molecule has 1 heterocycles. The molecule has 0 saturated carbocycles. The number of aromatic carboxylic acids is 1. The van der Waals surface area contributed by atoms with Crippen molar-refractivity contribution in [2.75, 3.05) is 6.61 Å². The van der Waals surface area contributed by atoms with Gasteiger partial charge in [-0.3, -0.25) is 0 Å². The highest BCUT2D eigenvalue weighted by molar-refractivity contribution is 5.87. The molecule has 2 rings (SSSR count). The molecule has 0 aliphatic heterocycles. The SMILES string of the molecule is CCOc1cccc(-n2nnc(C(=O)O)c2C(C)(C)C)c1. The molecule has 0 bridgehead atoms. The van der Waals surface area contributed by atoms with Crippen molar-refractivity contribution in [3.8, 4) is 11.4 Å². The highest BCUT2D eigenvalue weighted by Crippen LogP contribution is 2.28. The van der Waals surface area contributed by atoms with Gasteiger partial charge in [-0.2, -0.15) is 0 Å². The van der Waals surface area contributed by atoms with Gasteiger partial charge in [-0.25, -0.2) is 9.48 Å². The van der Waals surface area contributed by atoms with Gasteiger partial charge in [0.1, 0.15) is 5.75 Å². The Morgan fingerprint density at radius 3 is 2.67 bits per heavy atom. The Kier molecular flexibility index (Phi) is 3.97. The molecule has 0 spiro atoms. The fraction of sp³-hybridized carbons (Fsp3) is 0.400. The predicted octanol–water partition coefficient (Wildman–Crippen LogP) is 2.66. The van der Waals surface area contributed by atoms with E-state index in [1.165, 1.54) is 0 Å². The van der Waals surface area contributed by atoms with Crippen LogP contribution in [0.2, 0.25) is 0 Å². The van der Waals surface area contributed by atoms with Crippen molar-refractivity contribution in [1.29, 1.82) is 0 Å². The Morgan fingerprint density at radius 2 is 2.10 bits per heavy atom. The smallest absolute Gasteiger partial charge is 0.358 e. The lowest BCUT2D eigenvalue weighted by Crippen LogP contribution is -2.21. The molecule has 1 N–H and O–H groups in total. The molecule has 6 nitrogen and oxygen atoms in total. The third kappa shape index (κ3) is 3.04. The van der Waals surface area contributed by atoms with Gasteiger partial charge in [0.15, 0.2) is 5.69 Å². The average Bonchev–Trinajstić information content (AvgIpc) is 2.84. The lowest BCUT2D eigenvalue weighted by molar-refractivity contribution is 0.0687. The van der Waals surface area contributed by atoms with Crippen molar-refractivity contribution in [2.45, 2.75) is 33.1 Å². The van der Waals surface area contributed by atoms with Crippen molar-refractivity contribution in [3.63, 3.8) is 0 Å². The largest absolute Gasteiger partial charge is 0.494 e. The van der Waals surface area contributed by atoms with E-state index >= 15 is 0 Å². The topological polar surface area (TPSA) is 77.2 Å². The first kappa shape index (κ1) is 15.0. The van der Waals surface area contributed by atoms with Crippen LogP contribution in [0.3, 0.4) is 0 Å². The Hall–Kier alpha value is -2.37. The van der Waals surface area contributed by atoms with E-state index in [0.29, 0.717) is 18.1 Å². The first-order chi connectivity index (χ1) is 9.84. The van der Waals surface area contributed by atoms with E-state index in [9.17, 15) is 9.90 Å². The van der Waals surface area contributed by atoms with Gasteiger partial charge in [0.2, 0.25) is 0 Å². The summed E-state index contributed by atoms with van der Waals surface area (Å²) in [5, 5.41) is 17.1. The standard InChI is InChI=1S/C15H19N3O3/c1-5-21-11-8-6-7-10(9-11)18-13(15(2,3)4)12(14(19)20)16-17-18/h6-9H,5H2,1-4H3,(H,19,20). The van der Waals surface area contributed by atoms with Crippen molar-refractivity contribution < 1.29 is 14.6 Å². The van der Waals surface area contributed by atoms with Gasteiger partial charge in [0.05, 0.1) is 18.0 Å². The number of rotatable bonds is 4. The summed E-state index contributed by atoms with van der Waals surface area (Å²) in [4.78, 5) is 11.3. The van der Waals surface area contributed by atoms with Crippen LogP contribution in [0.25, 0.3) is 5.69 Å². The van der Waals surface area contributed by atoms with Crippen LogP contribution in [0, 0.1) is 0 Å². The molecule has 0 unspecified atom stereocenters. The van der Waals surface area contributed by atoms with E-state index in [1.54, 1.807) is 4.68 Å². The first-order valence-corrected chi connectivity index (χ1v) is 6.77. The van der Waals surface area contributed by atoms with Crippen LogP contribution in [0.4, 0.5) is 0 Å². The van der Waals surface area contributed by atoms with Crippen LogP contribution in [0.5, 0.6) is 5.75 Å². The van der Waals surface area contributed by atoms with Crippen molar-refractivity contribution in [3.05, 3.63) is 35.7 Å². The number of carbonyl (C=O) groups is 1. The van der Waals surface area contributed by atoms with Crippen molar-refractivity contribution >= 4 is 5.97 Å². The number of carboxylic acids is 1. The molecule has 0 radical (unpaired) electrons. The van der Waals surface area contributed by atoms with Crippen LogP contribution in [-0.2, 0) is 5.41 Å². The molecule has 21 heavy (non-hydrogen) atoms. The van der Waals surface area contributed by atoms with E-state index in [4.69, 9.17) is 4.74 Å². The number of aromatic nitrogens is 3.